The van der Waals surface area contributed by atoms with Crippen LogP contribution in [0, 0.1) is 17.0 Å². The summed E-state index contributed by atoms with van der Waals surface area (Å²) in [5.41, 5.74) is 0.624. The third kappa shape index (κ3) is 2.01. The van der Waals surface area contributed by atoms with Crippen molar-refractivity contribution in [3.05, 3.63) is 38.4 Å². The molecule has 0 atom stereocenters. The summed E-state index contributed by atoms with van der Waals surface area (Å²) in [5.74, 6) is 0.528. The lowest BCUT2D eigenvalue weighted by atomic mass is 10.1. The molecule has 0 saturated heterocycles. The van der Waals surface area contributed by atoms with Crippen molar-refractivity contribution < 1.29 is 4.92 Å². The highest BCUT2D eigenvalue weighted by Gasteiger charge is 2.24. The van der Waals surface area contributed by atoms with Crippen molar-refractivity contribution in [2.24, 2.45) is 7.05 Å². The largest absolute Gasteiger partial charge is 0.381 e. The molecule has 1 heterocycles. The molecule has 1 aliphatic rings. The summed E-state index contributed by atoms with van der Waals surface area (Å²) in [6.45, 7) is 1.70. The molecule has 0 unspecified atom stereocenters. The number of hydrogen-bond acceptors (Lipinski definition) is 5. The predicted molar refractivity (Wildman–Crippen MR) is 75.0 cm³/mol. The minimum atomic E-state index is -0.466. The molecular formula is C13H14N4O3. The van der Waals surface area contributed by atoms with Crippen LogP contribution in [-0.4, -0.2) is 20.5 Å². The molecule has 0 aliphatic heterocycles. The van der Waals surface area contributed by atoms with Crippen molar-refractivity contribution in [3.8, 4) is 0 Å². The summed E-state index contributed by atoms with van der Waals surface area (Å²) in [6, 6.07) is 3.06. The zero-order valence-corrected chi connectivity index (χ0v) is 11.2. The number of nitro benzene ring substituents is 1. The van der Waals surface area contributed by atoms with Crippen molar-refractivity contribution in [3.63, 3.8) is 0 Å². The number of nitro groups is 1. The maximum Gasteiger partial charge on any atom is 0.273 e. The fourth-order valence-corrected chi connectivity index (χ4v) is 2.16. The first-order valence-corrected chi connectivity index (χ1v) is 6.39. The number of non-ortho nitro benzene ring substituents is 1. The van der Waals surface area contributed by atoms with Crippen LogP contribution in [0.3, 0.4) is 0 Å². The molecule has 0 radical (unpaired) electrons. The van der Waals surface area contributed by atoms with E-state index in [1.165, 1.54) is 16.7 Å². The summed E-state index contributed by atoms with van der Waals surface area (Å²) in [5, 5.41) is 14.6. The van der Waals surface area contributed by atoms with E-state index in [1.54, 1.807) is 14.0 Å². The molecule has 1 N–H and O–H groups in total. The van der Waals surface area contributed by atoms with Gasteiger partial charge in [0.1, 0.15) is 5.82 Å². The first kappa shape index (κ1) is 12.6. The molecule has 104 valence electrons. The first-order chi connectivity index (χ1) is 9.47. The number of hydrogen-bond donors (Lipinski definition) is 1. The molecule has 0 bridgehead atoms. The molecule has 3 rings (SSSR count). The highest BCUT2D eigenvalue weighted by molar-refractivity contribution is 5.93. The predicted octanol–water partition coefficient (Wildman–Crippen LogP) is 1.72. The Bertz CT molecular complexity index is 777. The molecule has 0 amide bonds. The van der Waals surface area contributed by atoms with Crippen LogP contribution in [0.5, 0.6) is 0 Å². The molecule has 20 heavy (non-hydrogen) atoms. The van der Waals surface area contributed by atoms with Gasteiger partial charge in [0, 0.05) is 25.2 Å². The lowest BCUT2D eigenvalue weighted by Gasteiger charge is -2.10. The van der Waals surface area contributed by atoms with Gasteiger partial charge in [-0.1, -0.05) is 0 Å². The zero-order chi connectivity index (χ0) is 14.4. The molecule has 0 spiro atoms. The summed E-state index contributed by atoms with van der Waals surface area (Å²) in [6.07, 6.45) is 2.04. The van der Waals surface area contributed by atoms with Gasteiger partial charge in [0.25, 0.3) is 11.2 Å². The Kier molecular flexibility index (Phi) is 2.70. The Morgan fingerprint density at radius 3 is 2.75 bits per heavy atom. The molecule has 1 aromatic heterocycles. The molecule has 1 fully saturated rings. The van der Waals surface area contributed by atoms with E-state index < -0.39 is 4.92 Å². The van der Waals surface area contributed by atoms with Gasteiger partial charge >= 0.3 is 0 Å². The SMILES string of the molecule is Cc1nc2cc([N+](=O)[O-])cc(NC3CC3)c2c(=O)n1C. The van der Waals surface area contributed by atoms with Gasteiger partial charge < -0.3 is 5.32 Å². The van der Waals surface area contributed by atoms with E-state index >= 15 is 0 Å². The van der Waals surface area contributed by atoms with Gasteiger partial charge in [0.15, 0.2) is 0 Å². The van der Waals surface area contributed by atoms with Crippen LogP contribution in [0.25, 0.3) is 10.9 Å². The maximum absolute atomic E-state index is 12.4. The van der Waals surface area contributed by atoms with Crippen LogP contribution in [0.15, 0.2) is 16.9 Å². The van der Waals surface area contributed by atoms with Crippen LogP contribution in [0.1, 0.15) is 18.7 Å². The number of fused-ring (bicyclic) bond motifs is 1. The molecule has 1 saturated carbocycles. The Hall–Kier alpha value is -2.44. The molecule has 2 aromatic rings. The number of rotatable bonds is 3. The third-order valence-corrected chi connectivity index (χ3v) is 3.54. The maximum atomic E-state index is 12.4. The van der Waals surface area contributed by atoms with E-state index in [4.69, 9.17) is 0 Å². The van der Waals surface area contributed by atoms with Crippen molar-refractivity contribution in [2.75, 3.05) is 5.32 Å². The van der Waals surface area contributed by atoms with Gasteiger partial charge in [-0.25, -0.2) is 4.98 Å². The second-order valence-electron chi connectivity index (χ2n) is 5.09. The highest BCUT2D eigenvalue weighted by atomic mass is 16.6. The van der Waals surface area contributed by atoms with Gasteiger partial charge in [-0.05, 0) is 19.8 Å². The van der Waals surface area contributed by atoms with E-state index in [0.717, 1.165) is 12.8 Å². The summed E-state index contributed by atoms with van der Waals surface area (Å²) in [7, 11) is 1.65. The van der Waals surface area contributed by atoms with Gasteiger partial charge in [-0.3, -0.25) is 19.5 Å². The smallest absolute Gasteiger partial charge is 0.273 e. The average molecular weight is 274 g/mol. The molecule has 7 nitrogen and oxygen atoms in total. The molecule has 1 aromatic carbocycles. The van der Waals surface area contributed by atoms with Crippen LogP contribution < -0.4 is 10.9 Å². The fourth-order valence-electron chi connectivity index (χ4n) is 2.16. The van der Waals surface area contributed by atoms with Crippen LogP contribution in [-0.2, 0) is 7.05 Å². The Morgan fingerprint density at radius 1 is 1.45 bits per heavy atom. The average Bonchev–Trinajstić information content (AvgIpc) is 3.19. The number of nitrogens with zero attached hydrogens (tertiary/aromatic N) is 3. The summed E-state index contributed by atoms with van der Waals surface area (Å²) in [4.78, 5) is 27.2. The summed E-state index contributed by atoms with van der Waals surface area (Å²) >= 11 is 0. The van der Waals surface area contributed by atoms with E-state index in [0.29, 0.717) is 28.5 Å². The topological polar surface area (TPSA) is 90.1 Å². The van der Waals surface area contributed by atoms with Gasteiger partial charge in [-0.2, -0.15) is 0 Å². The minimum absolute atomic E-state index is 0.0548. The number of benzene rings is 1. The first-order valence-electron chi connectivity index (χ1n) is 6.39. The third-order valence-electron chi connectivity index (χ3n) is 3.54. The van der Waals surface area contributed by atoms with Crippen molar-refractivity contribution in [1.82, 2.24) is 9.55 Å². The van der Waals surface area contributed by atoms with E-state index in [9.17, 15) is 14.9 Å². The fraction of sp³-hybridized carbons (Fsp3) is 0.385. The van der Waals surface area contributed by atoms with Crippen LogP contribution in [0.2, 0.25) is 0 Å². The zero-order valence-electron chi connectivity index (χ0n) is 11.2. The van der Waals surface area contributed by atoms with E-state index in [2.05, 4.69) is 10.3 Å². The van der Waals surface area contributed by atoms with Crippen LogP contribution >= 0.6 is 0 Å². The molecular weight excluding hydrogens is 260 g/mol. The van der Waals surface area contributed by atoms with Crippen molar-refractivity contribution >= 4 is 22.3 Å². The monoisotopic (exact) mass is 274 g/mol. The Morgan fingerprint density at radius 2 is 2.15 bits per heavy atom. The second-order valence-corrected chi connectivity index (χ2v) is 5.09. The van der Waals surface area contributed by atoms with Gasteiger partial charge in [0.05, 0.1) is 21.5 Å². The minimum Gasteiger partial charge on any atom is -0.381 e. The van der Waals surface area contributed by atoms with Gasteiger partial charge in [-0.15, -0.1) is 0 Å². The number of nitrogens with one attached hydrogen (secondary N) is 1. The molecule has 1 aliphatic carbocycles. The summed E-state index contributed by atoms with van der Waals surface area (Å²) < 4.78 is 1.45. The normalized spacial score (nSPS) is 14.5. The van der Waals surface area contributed by atoms with Gasteiger partial charge in [0.2, 0.25) is 0 Å². The lowest BCUT2D eigenvalue weighted by molar-refractivity contribution is -0.384. The highest BCUT2D eigenvalue weighted by Crippen LogP contribution is 2.31. The quantitative estimate of drug-likeness (QED) is 0.680. The lowest BCUT2D eigenvalue weighted by Crippen LogP contribution is -2.22. The van der Waals surface area contributed by atoms with E-state index in [-0.39, 0.29) is 11.2 Å². The number of aryl methyl sites for hydroxylation is 1. The Labute approximate surface area is 114 Å². The standard InChI is InChI=1S/C13H14N4O3/c1-7-14-10-5-9(17(19)20)6-11(15-8-3-4-8)12(10)13(18)16(7)2/h5-6,8,15H,3-4H2,1-2H3. The Balaban J connectivity index is 2.33. The molecule has 7 heteroatoms. The second kappa shape index (κ2) is 4.29. The van der Waals surface area contributed by atoms with Crippen molar-refractivity contribution in [2.45, 2.75) is 25.8 Å². The van der Waals surface area contributed by atoms with E-state index in [1.807, 2.05) is 0 Å². The van der Waals surface area contributed by atoms with Crippen molar-refractivity contribution in [1.29, 1.82) is 0 Å². The number of anilines is 1. The van der Waals surface area contributed by atoms with Crippen LogP contribution in [0.4, 0.5) is 11.4 Å². The number of aromatic nitrogens is 2.